The van der Waals surface area contributed by atoms with Gasteiger partial charge in [-0.1, -0.05) is 60.5 Å². The maximum Gasteiger partial charge on any atom is 0.244 e. The van der Waals surface area contributed by atoms with Gasteiger partial charge in [0.15, 0.2) is 0 Å². The second kappa shape index (κ2) is 13.1. The molecule has 7 nitrogen and oxygen atoms in total. The Morgan fingerprint density at radius 3 is 2.31 bits per heavy atom. The van der Waals surface area contributed by atoms with Crippen LogP contribution in [0.5, 0.6) is 0 Å². The van der Waals surface area contributed by atoms with Crippen molar-refractivity contribution < 1.29 is 18.0 Å². The van der Waals surface area contributed by atoms with Gasteiger partial charge in [-0.05, 0) is 61.6 Å². The van der Waals surface area contributed by atoms with Gasteiger partial charge in [0.05, 0.1) is 11.9 Å². The van der Waals surface area contributed by atoms with Gasteiger partial charge < -0.3 is 10.2 Å². The highest BCUT2D eigenvalue weighted by molar-refractivity contribution is 9.10. The van der Waals surface area contributed by atoms with Gasteiger partial charge in [0, 0.05) is 17.6 Å². The largest absolute Gasteiger partial charge is 0.354 e. The first-order valence-corrected chi connectivity index (χ1v) is 14.5. The van der Waals surface area contributed by atoms with Crippen molar-refractivity contribution in [3.8, 4) is 0 Å². The molecule has 0 aliphatic carbocycles. The number of nitrogens with zero attached hydrogens (tertiary/aromatic N) is 2. The summed E-state index contributed by atoms with van der Waals surface area (Å²) >= 11 is 3.43. The zero-order valence-corrected chi connectivity index (χ0v) is 23.6. The van der Waals surface area contributed by atoms with Crippen LogP contribution in [-0.2, 0) is 26.2 Å². The van der Waals surface area contributed by atoms with Crippen molar-refractivity contribution in [3.63, 3.8) is 0 Å². The van der Waals surface area contributed by atoms with Gasteiger partial charge in [0.25, 0.3) is 0 Å². The molecule has 1 N–H and O–H groups in total. The summed E-state index contributed by atoms with van der Waals surface area (Å²) in [7, 11) is -3.76. The Bertz CT molecular complexity index is 1140. The van der Waals surface area contributed by atoms with Crippen LogP contribution in [-0.4, -0.2) is 50.5 Å². The van der Waals surface area contributed by atoms with Crippen LogP contribution in [0.3, 0.4) is 0 Å². The van der Waals surface area contributed by atoms with Crippen LogP contribution in [0.15, 0.2) is 46.9 Å². The average Bonchev–Trinajstić information content (AvgIpc) is 2.79. The number of hydrogen-bond donors (Lipinski definition) is 1. The Labute approximate surface area is 218 Å². The van der Waals surface area contributed by atoms with Gasteiger partial charge in [-0.25, -0.2) is 8.42 Å². The topological polar surface area (TPSA) is 86.8 Å². The third kappa shape index (κ3) is 8.07. The molecule has 0 radical (unpaired) electrons. The van der Waals surface area contributed by atoms with Gasteiger partial charge in [0.1, 0.15) is 12.6 Å². The molecule has 0 saturated heterocycles. The molecule has 0 fully saturated rings. The highest BCUT2D eigenvalue weighted by atomic mass is 79.9. The average molecular weight is 567 g/mol. The van der Waals surface area contributed by atoms with Gasteiger partial charge in [-0.15, -0.1) is 0 Å². The summed E-state index contributed by atoms with van der Waals surface area (Å²) in [6, 6.07) is 12.1. The lowest BCUT2D eigenvalue weighted by Gasteiger charge is -2.33. The molecule has 0 bridgehead atoms. The first kappa shape index (κ1) is 28.8. The molecule has 1 atom stereocenters. The van der Waals surface area contributed by atoms with Crippen molar-refractivity contribution in [1.29, 1.82) is 0 Å². The van der Waals surface area contributed by atoms with E-state index in [4.69, 9.17) is 0 Å². The molecular weight excluding hydrogens is 530 g/mol. The van der Waals surface area contributed by atoms with E-state index in [9.17, 15) is 18.0 Å². The summed E-state index contributed by atoms with van der Waals surface area (Å²) in [5.41, 5.74) is 3.15. The zero-order chi connectivity index (χ0) is 26.2. The van der Waals surface area contributed by atoms with E-state index in [0.717, 1.165) is 44.6 Å². The minimum absolute atomic E-state index is 0.210. The van der Waals surface area contributed by atoms with Crippen molar-refractivity contribution in [2.24, 2.45) is 0 Å². The molecule has 2 aromatic rings. The van der Waals surface area contributed by atoms with E-state index in [0.29, 0.717) is 18.7 Å². The molecule has 9 heteroatoms. The number of nitrogens with one attached hydrogen (secondary N) is 1. The third-order valence-electron chi connectivity index (χ3n) is 5.93. The van der Waals surface area contributed by atoms with Crippen molar-refractivity contribution >= 4 is 43.5 Å². The lowest BCUT2D eigenvalue weighted by atomic mass is 10.1. The monoisotopic (exact) mass is 565 g/mol. The SMILES string of the molecule is CCCCNC(=O)C(CC)N(Cc1ccccc1C)C(=O)CN(c1ccc(Br)c(C)c1)S(C)(=O)=O. The normalized spacial score (nSPS) is 12.2. The maximum absolute atomic E-state index is 13.7. The fraction of sp³-hybridized carbons (Fsp3) is 0.462. The molecule has 1 unspecified atom stereocenters. The van der Waals surface area contributed by atoms with Crippen LogP contribution in [0.25, 0.3) is 0 Å². The number of hydrogen-bond acceptors (Lipinski definition) is 4. The molecule has 0 heterocycles. The summed E-state index contributed by atoms with van der Waals surface area (Å²) in [5.74, 6) is -0.662. The Morgan fingerprint density at radius 2 is 1.74 bits per heavy atom. The van der Waals surface area contributed by atoms with E-state index in [-0.39, 0.29) is 12.5 Å². The number of sulfonamides is 1. The molecule has 192 valence electrons. The predicted octanol–water partition coefficient (Wildman–Crippen LogP) is 4.56. The first-order chi connectivity index (χ1) is 16.5. The van der Waals surface area contributed by atoms with Crippen LogP contribution in [0, 0.1) is 13.8 Å². The fourth-order valence-electron chi connectivity index (χ4n) is 3.79. The van der Waals surface area contributed by atoms with E-state index >= 15 is 0 Å². The Balaban J connectivity index is 2.43. The molecule has 0 saturated carbocycles. The number of benzene rings is 2. The number of amides is 2. The predicted molar refractivity (Wildman–Crippen MR) is 145 cm³/mol. The van der Waals surface area contributed by atoms with Gasteiger partial charge in [0.2, 0.25) is 21.8 Å². The third-order valence-corrected chi connectivity index (χ3v) is 7.96. The minimum Gasteiger partial charge on any atom is -0.354 e. The number of carbonyl (C=O) groups is 2. The number of carbonyl (C=O) groups excluding carboxylic acids is 2. The highest BCUT2D eigenvalue weighted by Crippen LogP contribution is 2.25. The second-order valence-corrected chi connectivity index (χ2v) is 11.5. The van der Waals surface area contributed by atoms with E-state index < -0.39 is 28.5 Å². The molecule has 35 heavy (non-hydrogen) atoms. The van der Waals surface area contributed by atoms with Crippen LogP contribution in [0.4, 0.5) is 5.69 Å². The Kier molecular flexibility index (Phi) is 10.8. The molecular formula is C26H36BrN3O4S. The molecule has 2 amide bonds. The summed E-state index contributed by atoms with van der Waals surface area (Å²) in [4.78, 5) is 28.3. The number of aryl methyl sites for hydroxylation is 2. The van der Waals surface area contributed by atoms with E-state index in [1.165, 1.54) is 4.90 Å². The van der Waals surface area contributed by atoms with Gasteiger partial charge in [-0.2, -0.15) is 0 Å². The van der Waals surface area contributed by atoms with Crippen LogP contribution in [0.2, 0.25) is 0 Å². The van der Waals surface area contributed by atoms with Crippen LogP contribution in [0.1, 0.15) is 49.8 Å². The van der Waals surface area contributed by atoms with E-state index in [1.807, 2.05) is 52.0 Å². The van der Waals surface area contributed by atoms with Crippen molar-refractivity contribution in [3.05, 3.63) is 63.6 Å². The molecule has 0 spiro atoms. The number of anilines is 1. The van der Waals surface area contributed by atoms with Crippen LogP contribution >= 0.6 is 15.9 Å². The molecule has 2 rings (SSSR count). The molecule has 0 aliphatic heterocycles. The number of rotatable bonds is 12. The number of halogens is 1. The zero-order valence-electron chi connectivity index (χ0n) is 21.2. The second-order valence-electron chi connectivity index (χ2n) is 8.72. The lowest BCUT2D eigenvalue weighted by Crippen LogP contribution is -2.52. The highest BCUT2D eigenvalue weighted by Gasteiger charge is 2.32. The molecule has 2 aromatic carbocycles. The quantitative estimate of drug-likeness (QED) is 0.382. The summed E-state index contributed by atoms with van der Waals surface area (Å²) in [5, 5.41) is 2.93. The summed E-state index contributed by atoms with van der Waals surface area (Å²) < 4.78 is 27.4. The molecule has 0 aliphatic rings. The summed E-state index contributed by atoms with van der Waals surface area (Å²) in [6.45, 7) is 8.05. The van der Waals surface area contributed by atoms with E-state index in [2.05, 4.69) is 21.2 Å². The van der Waals surface area contributed by atoms with Crippen LogP contribution < -0.4 is 9.62 Å². The van der Waals surface area contributed by atoms with E-state index in [1.54, 1.807) is 18.2 Å². The standard InChI is InChI=1S/C26H36BrN3O4S/c1-6-8-15-28-26(32)24(7-2)29(17-21-12-10-9-11-19(21)3)25(31)18-30(35(5,33)34)22-13-14-23(27)20(4)16-22/h9-14,16,24H,6-8,15,17-18H2,1-5H3,(H,28,32). The lowest BCUT2D eigenvalue weighted by molar-refractivity contribution is -0.140. The first-order valence-electron chi connectivity index (χ1n) is 11.8. The van der Waals surface area contributed by atoms with Crippen molar-refractivity contribution in [1.82, 2.24) is 10.2 Å². The van der Waals surface area contributed by atoms with Crippen molar-refractivity contribution in [2.75, 3.05) is 23.7 Å². The summed E-state index contributed by atoms with van der Waals surface area (Å²) in [6.07, 6.45) is 3.28. The molecule has 0 aromatic heterocycles. The van der Waals surface area contributed by atoms with Gasteiger partial charge in [-0.3, -0.25) is 13.9 Å². The fourth-order valence-corrected chi connectivity index (χ4v) is 4.88. The van der Waals surface area contributed by atoms with Crippen molar-refractivity contribution in [2.45, 2.75) is 59.5 Å². The van der Waals surface area contributed by atoms with Gasteiger partial charge >= 0.3 is 0 Å². The maximum atomic E-state index is 13.7. The minimum atomic E-state index is -3.76. The Hall–Kier alpha value is -2.39. The Morgan fingerprint density at radius 1 is 1.06 bits per heavy atom. The smallest absolute Gasteiger partial charge is 0.244 e. The number of unbranched alkanes of at least 4 members (excludes halogenated alkanes) is 1.